The molecule has 0 aliphatic carbocycles. The van der Waals surface area contributed by atoms with E-state index in [0.29, 0.717) is 13.0 Å². The van der Waals surface area contributed by atoms with Crippen molar-refractivity contribution in [3.05, 3.63) is 30.1 Å². The van der Waals surface area contributed by atoms with Crippen molar-refractivity contribution in [1.29, 1.82) is 0 Å². The summed E-state index contributed by atoms with van der Waals surface area (Å²) in [7, 11) is 1.83. The van der Waals surface area contributed by atoms with Crippen molar-refractivity contribution in [3.8, 4) is 0 Å². The monoisotopic (exact) mass is 205 g/mol. The van der Waals surface area contributed by atoms with Crippen LogP contribution in [-0.4, -0.2) is 33.0 Å². The van der Waals surface area contributed by atoms with Gasteiger partial charge in [-0.25, -0.2) is 0 Å². The summed E-state index contributed by atoms with van der Waals surface area (Å²) >= 11 is 0. The first-order chi connectivity index (χ1) is 7.16. The van der Waals surface area contributed by atoms with E-state index in [9.17, 15) is 9.59 Å². The summed E-state index contributed by atoms with van der Waals surface area (Å²) in [5.74, 6) is -0.480. The molecule has 2 rings (SSSR count). The molecule has 1 aromatic heterocycles. The maximum atomic E-state index is 11.2. The van der Waals surface area contributed by atoms with Crippen LogP contribution in [0.1, 0.15) is 5.69 Å². The first-order valence-corrected chi connectivity index (χ1v) is 4.69. The van der Waals surface area contributed by atoms with Crippen molar-refractivity contribution >= 4 is 11.8 Å². The number of amides is 2. The van der Waals surface area contributed by atoms with Crippen LogP contribution in [0.15, 0.2) is 24.4 Å². The normalized spacial score (nSPS) is 15.4. The summed E-state index contributed by atoms with van der Waals surface area (Å²) in [5, 5.41) is 4.17. The third kappa shape index (κ3) is 1.96. The van der Waals surface area contributed by atoms with Crippen LogP contribution in [-0.2, 0) is 23.1 Å². The highest BCUT2D eigenvalue weighted by molar-refractivity contribution is 6.12. The van der Waals surface area contributed by atoms with Gasteiger partial charge >= 0.3 is 0 Å². The Bertz CT molecular complexity index is 416. The Morgan fingerprint density at radius 3 is 2.47 bits per heavy atom. The molecule has 0 aromatic carbocycles. The molecule has 0 saturated heterocycles. The third-order valence-electron chi connectivity index (χ3n) is 2.26. The van der Waals surface area contributed by atoms with Gasteiger partial charge in [-0.15, -0.1) is 0 Å². The number of rotatable bonds is 3. The van der Waals surface area contributed by atoms with Gasteiger partial charge in [0.05, 0.1) is 5.69 Å². The average molecular weight is 205 g/mol. The zero-order valence-electron chi connectivity index (χ0n) is 8.38. The van der Waals surface area contributed by atoms with E-state index in [1.165, 1.54) is 17.1 Å². The molecule has 78 valence electrons. The van der Waals surface area contributed by atoms with Gasteiger partial charge in [0.15, 0.2) is 0 Å². The maximum absolute atomic E-state index is 11.2. The number of aromatic nitrogens is 2. The topological polar surface area (TPSA) is 55.2 Å². The lowest BCUT2D eigenvalue weighted by Gasteiger charge is -2.11. The minimum Gasteiger partial charge on any atom is -0.276 e. The fourth-order valence-corrected chi connectivity index (χ4v) is 1.47. The Morgan fingerprint density at radius 1 is 1.27 bits per heavy atom. The highest BCUT2D eigenvalue weighted by Crippen LogP contribution is 2.05. The minimum absolute atomic E-state index is 0.240. The second-order valence-corrected chi connectivity index (χ2v) is 3.39. The number of hydrogen-bond acceptors (Lipinski definition) is 3. The van der Waals surface area contributed by atoms with Crippen LogP contribution in [0.25, 0.3) is 0 Å². The van der Waals surface area contributed by atoms with Gasteiger partial charge < -0.3 is 0 Å². The van der Waals surface area contributed by atoms with Crippen molar-refractivity contribution < 1.29 is 9.59 Å². The van der Waals surface area contributed by atoms with Crippen LogP contribution in [0.5, 0.6) is 0 Å². The summed E-state index contributed by atoms with van der Waals surface area (Å²) in [4.78, 5) is 23.6. The molecule has 2 heterocycles. The van der Waals surface area contributed by atoms with Crippen molar-refractivity contribution in [3.63, 3.8) is 0 Å². The molecule has 0 radical (unpaired) electrons. The van der Waals surface area contributed by atoms with E-state index < -0.39 is 0 Å². The van der Waals surface area contributed by atoms with E-state index in [1.807, 2.05) is 19.3 Å². The SMILES string of the molecule is Cn1ccc(CCN2C(=O)C=CC2=O)n1. The molecule has 0 saturated carbocycles. The number of imide groups is 1. The van der Waals surface area contributed by atoms with Crippen LogP contribution < -0.4 is 0 Å². The lowest BCUT2D eigenvalue weighted by atomic mass is 10.3. The smallest absolute Gasteiger partial charge is 0.253 e. The van der Waals surface area contributed by atoms with Crippen LogP contribution in [0.4, 0.5) is 0 Å². The van der Waals surface area contributed by atoms with Gasteiger partial charge in [-0.2, -0.15) is 5.10 Å². The molecule has 0 N–H and O–H groups in total. The van der Waals surface area contributed by atoms with Gasteiger partial charge in [0, 0.05) is 38.4 Å². The molecule has 1 aliphatic rings. The number of carbonyl (C=O) groups is 2. The van der Waals surface area contributed by atoms with Gasteiger partial charge in [0.2, 0.25) is 0 Å². The molecule has 0 bridgehead atoms. The van der Waals surface area contributed by atoms with Crippen molar-refractivity contribution in [2.75, 3.05) is 6.54 Å². The van der Waals surface area contributed by atoms with E-state index >= 15 is 0 Å². The van der Waals surface area contributed by atoms with E-state index in [2.05, 4.69) is 5.10 Å². The average Bonchev–Trinajstić information content (AvgIpc) is 2.73. The maximum Gasteiger partial charge on any atom is 0.253 e. The zero-order chi connectivity index (χ0) is 10.8. The largest absolute Gasteiger partial charge is 0.276 e. The zero-order valence-corrected chi connectivity index (χ0v) is 8.38. The summed E-state index contributed by atoms with van der Waals surface area (Å²) < 4.78 is 1.70. The molecule has 0 spiro atoms. The van der Waals surface area contributed by atoms with E-state index in [1.54, 1.807) is 4.68 Å². The first-order valence-electron chi connectivity index (χ1n) is 4.69. The Morgan fingerprint density at radius 2 is 1.93 bits per heavy atom. The molecule has 5 heteroatoms. The summed E-state index contributed by atoms with van der Waals surface area (Å²) in [6.07, 6.45) is 5.02. The van der Waals surface area contributed by atoms with Crippen molar-refractivity contribution in [1.82, 2.24) is 14.7 Å². The Balaban J connectivity index is 1.94. The molecule has 5 nitrogen and oxygen atoms in total. The van der Waals surface area contributed by atoms with Gasteiger partial charge in [0.1, 0.15) is 0 Å². The van der Waals surface area contributed by atoms with Crippen LogP contribution in [0.2, 0.25) is 0 Å². The molecule has 1 aliphatic heterocycles. The second kappa shape index (κ2) is 3.68. The van der Waals surface area contributed by atoms with Gasteiger partial charge in [0.25, 0.3) is 11.8 Å². The predicted octanol–water partition coefficient (Wildman–Crippen LogP) is -0.112. The highest BCUT2D eigenvalue weighted by atomic mass is 16.2. The van der Waals surface area contributed by atoms with E-state index in [-0.39, 0.29) is 11.8 Å². The molecular weight excluding hydrogens is 194 g/mol. The Labute approximate surface area is 87.0 Å². The number of carbonyl (C=O) groups excluding carboxylic acids is 2. The Hall–Kier alpha value is -1.91. The Kier molecular flexibility index (Phi) is 2.37. The van der Waals surface area contributed by atoms with Crippen LogP contribution in [0, 0.1) is 0 Å². The molecule has 0 atom stereocenters. The van der Waals surface area contributed by atoms with E-state index in [0.717, 1.165) is 5.69 Å². The lowest BCUT2D eigenvalue weighted by molar-refractivity contribution is -0.136. The fraction of sp³-hybridized carbons (Fsp3) is 0.300. The number of nitrogens with zero attached hydrogens (tertiary/aromatic N) is 3. The van der Waals surface area contributed by atoms with Gasteiger partial charge in [-0.1, -0.05) is 0 Å². The number of hydrogen-bond donors (Lipinski definition) is 0. The van der Waals surface area contributed by atoms with Crippen LogP contribution in [0.3, 0.4) is 0 Å². The molecule has 0 unspecified atom stereocenters. The fourth-order valence-electron chi connectivity index (χ4n) is 1.47. The quantitative estimate of drug-likeness (QED) is 0.647. The minimum atomic E-state index is -0.240. The van der Waals surface area contributed by atoms with Crippen LogP contribution >= 0.6 is 0 Å². The van der Waals surface area contributed by atoms with Gasteiger partial charge in [-0.3, -0.25) is 19.2 Å². The summed E-state index contributed by atoms with van der Waals surface area (Å²) in [6.45, 7) is 0.391. The summed E-state index contributed by atoms with van der Waals surface area (Å²) in [5.41, 5.74) is 0.880. The van der Waals surface area contributed by atoms with E-state index in [4.69, 9.17) is 0 Å². The van der Waals surface area contributed by atoms with Gasteiger partial charge in [-0.05, 0) is 6.07 Å². The lowest BCUT2D eigenvalue weighted by Crippen LogP contribution is -2.31. The third-order valence-corrected chi connectivity index (χ3v) is 2.26. The number of aryl methyl sites for hydroxylation is 1. The standard InChI is InChI=1S/C10H11N3O2/c1-12-6-4-8(11-12)5-7-13-9(14)2-3-10(13)15/h2-4,6H,5,7H2,1H3. The molecule has 1 aromatic rings. The van der Waals surface area contributed by atoms with Crippen molar-refractivity contribution in [2.45, 2.75) is 6.42 Å². The molecule has 15 heavy (non-hydrogen) atoms. The molecule has 0 fully saturated rings. The highest BCUT2D eigenvalue weighted by Gasteiger charge is 2.22. The predicted molar refractivity (Wildman–Crippen MR) is 52.8 cm³/mol. The molecular formula is C10H11N3O2. The summed E-state index contributed by atoms with van der Waals surface area (Å²) in [6, 6.07) is 1.87. The molecule has 2 amide bonds. The van der Waals surface area contributed by atoms with Crippen molar-refractivity contribution in [2.24, 2.45) is 7.05 Å². The second-order valence-electron chi connectivity index (χ2n) is 3.39. The first kappa shape index (κ1) is 9.64.